The lowest BCUT2D eigenvalue weighted by Crippen LogP contribution is -2.31. The summed E-state index contributed by atoms with van der Waals surface area (Å²) in [4.78, 5) is 4.60. The van der Waals surface area contributed by atoms with Crippen LogP contribution in [0.4, 0.5) is 0 Å². The molecule has 1 aliphatic rings. The van der Waals surface area contributed by atoms with Crippen LogP contribution >= 0.6 is 0 Å². The van der Waals surface area contributed by atoms with Crippen LogP contribution in [0.1, 0.15) is 5.56 Å². The van der Waals surface area contributed by atoms with Gasteiger partial charge in [-0.3, -0.25) is 4.99 Å². The van der Waals surface area contributed by atoms with Gasteiger partial charge >= 0.3 is 0 Å². The van der Waals surface area contributed by atoms with Gasteiger partial charge in [-0.15, -0.1) is 0 Å². The zero-order valence-corrected chi connectivity index (χ0v) is 9.11. The zero-order chi connectivity index (χ0) is 10.8. The van der Waals surface area contributed by atoms with Crippen molar-refractivity contribution in [2.45, 2.75) is 0 Å². The molecule has 2 aromatic rings. The monoisotopic (exact) mass is 210 g/mol. The fourth-order valence-electron chi connectivity index (χ4n) is 2.19. The second-order valence-electron chi connectivity index (χ2n) is 4.03. The van der Waals surface area contributed by atoms with Crippen molar-refractivity contribution in [2.24, 2.45) is 4.99 Å². The lowest BCUT2D eigenvalue weighted by molar-refractivity contribution is 0.737. The second kappa shape index (κ2) is 4.06. The first-order valence-corrected chi connectivity index (χ1v) is 5.67. The number of hydrogen-bond acceptors (Lipinski definition) is 2. The fraction of sp³-hybridized carbons (Fsp3) is 0.214. The van der Waals surface area contributed by atoms with Gasteiger partial charge in [-0.1, -0.05) is 42.5 Å². The third-order valence-corrected chi connectivity index (χ3v) is 2.98. The van der Waals surface area contributed by atoms with E-state index < -0.39 is 0 Å². The van der Waals surface area contributed by atoms with E-state index in [9.17, 15) is 0 Å². The maximum atomic E-state index is 4.60. The Labute approximate surface area is 95.0 Å². The first-order valence-electron chi connectivity index (χ1n) is 5.67. The van der Waals surface area contributed by atoms with Gasteiger partial charge in [-0.05, 0) is 10.8 Å². The quantitative estimate of drug-likeness (QED) is 0.767. The third-order valence-electron chi connectivity index (χ3n) is 2.98. The van der Waals surface area contributed by atoms with E-state index in [1.54, 1.807) is 0 Å². The number of aliphatic imine (C=N–C) groups is 1. The van der Waals surface area contributed by atoms with Gasteiger partial charge in [0.25, 0.3) is 0 Å². The molecule has 0 amide bonds. The van der Waals surface area contributed by atoms with Crippen molar-refractivity contribution in [3.8, 4) is 0 Å². The zero-order valence-electron chi connectivity index (χ0n) is 9.11. The van der Waals surface area contributed by atoms with E-state index in [1.165, 1.54) is 22.0 Å². The minimum absolute atomic E-state index is 0.883. The highest BCUT2D eigenvalue weighted by molar-refractivity contribution is 6.12. The Morgan fingerprint density at radius 3 is 2.75 bits per heavy atom. The van der Waals surface area contributed by atoms with Crippen molar-refractivity contribution in [1.82, 2.24) is 5.32 Å². The summed E-state index contributed by atoms with van der Waals surface area (Å²) in [6.45, 7) is 2.76. The molecule has 0 bridgehead atoms. The van der Waals surface area contributed by atoms with Gasteiger partial charge in [0.1, 0.15) is 0 Å². The van der Waals surface area contributed by atoms with Gasteiger partial charge < -0.3 is 5.32 Å². The van der Waals surface area contributed by atoms with Crippen molar-refractivity contribution >= 4 is 16.5 Å². The number of rotatable bonds is 1. The fourth-order valence-corrected chi connectivity index (χ4v) is 2.19. The van der Waals surface area contributed by atoms with Crippen LogP contribution in [0.2, 0.25) is 0 Å². The molecule has 0 spiro atoms. The van der Waals surface area contributed by atoms with E-state index in [1.807, 2.05) is 0 Å². The lowest BCUT2D eigenvalue weighted by Gasteiger charge is -2.15. The van der Waals surface area contributed by atoms with Crippen molar-refractivity contribution in [3.05, 3.63) is 48.0 Å². The molecule has 0 saturated heterocycles. The highest BCUT2D eigenvalue weighted by Gasteiger charge is 2.09. The van der Waals surface area contributed by atoms with Crippen molar-refractivity contribution in [3.63, 3.8) is 0 Å². The van der Waals surface area contributed by atoms with E-state index in [0.717, 1.165) is 19.6 Å². The normalized spacial score (nSPS) is 16.1. The molecule has 0 saturated carbocycles. The van der Waals surface area contributed by atoms with Crippen molar-refractivity contribution in [2.75, 3.05) is 19.6 Å². The molecule has 80 valence electrons. The van der Waals surface area contributed by atoms with Gasteiger partial charge in [0.15, 0.2) is 0 Å². The first-order chi connectivity index (χ1) is 7.95. The molecule has 0 atom stereocenters. The standard InChI is InChI=1S/C14H14N2/c1-2-6-12-11(4-1)5-3-7-13(12)14-10-15-8-9-16-14/h1-7,15H,8-10H2. The van der Waals surface area contributed by atoms with Gasteiger partial charge in [-0.2, -0.15) is 0 Å². The average Bonchev–Trinajstić information content (AvgIpc) is 2.39. The molecule has 0 radical (unpaired) electrons. The molecule has 0 aliphatic carbocycles. The van der Waals surface area contributed by atoms with E-state index >= 15 is 0 Å². The molecular formula is C14H14N2. The number of nitrogens with zero attached hydrogens (tertiary/aromatic N) is 1. The predicted molar refractivity (Wildman–Crippen MR) is 68.2 cm³/mol. The van der Waals surface area contributed by atoms with Gasteiger partial charge in [-0.25, -0.2) is 0 Å². The van der Waals surface area contributed by atoms with Gasteiger partial charge in [0.05, 0.1) is 12.3 Å². The van der Waals surface area contributed by atoms with Crippen LogP contribution in [0.15, 0.2) is 47.5 Å². The predicted octanol–water partition coefficient (Wildman–Crippen LogP) is 2.23. The van der Waals surface area contributed by atoms with Crippen LogP contribution in [0.25, 0.3) is 10.8 Å². The number of nitrogens with one attached hydrogen (secondary N) is 1. The van der Waals surface area contributed by atoms with E-state index in [4.69, 9.17) is 0 Å². The molecule has 1 N–H and O–H groups in total. The summed E-state index contributed by atoms with van der Waals surface area (Å²) in [5, 5.41) is 5.95. The van der Waals surface area contributed by atoms with Crippen LogP contribution in [0.5, 0.6) is 0 Å². The Bertz CT molecular complexity index is 538. The number of fused-ring (bicyclic) bond motifs is 1. The first kappa shape index (κ1) is 9.55. The van der Waals surface area contributed by atoms with E-state index in [0.29, 0.717) is 0 Å². The number of benzene rings is 2. The summed E-state index contributed by atoms with van der Waals surface area (Å²) in [7, 11) is 0. The van der Waals surface area contributed by atoms with Crippen molar-refractivity contribution in [1.29, 1.82) is 0 Å². The topological polar surface area (TPSA) is 24.4 Å². The SMILES string of the molecule is c1ccc2c(C3=NCCNC3)cccc2c1. The smallest absolute Gasteiger partial charge is 0.0565 e. The molecule has 0 aromatic heterocycles. The van der Waals surface area contributed by atoms with E-state index in [2.05, 4.69) is 52.8 Å². The molecule has 0 fully saturated rings. The van der Waals surface area contributed by atoms with Crippen LogP contribution in [-0.4, -0.2) is 25.3 Å². The Kier molecular flexibility index (Phi) is 2.43. The van der Waals surface area contributed by atoms with Crippen LogP contribution in [-0.2, 0) is 0 Å². The van der Waals surface area contributed by atoms with Crippen LogP contribution in [0, 0.1) is 0 Å². The average molecular weight is 210 g/mol. The number of hydrogen-bond donors (Lipinski definition) is 1. The van der Waals surface area contributed by atoms with Crippen LogP contribution < -0.4 is 5.32 Å². The van der Waals surface area contributed by atoms with Gasteiger partial charge in [0, 0.05) is 18.7 Å². The minimum atomic E-state index is 0.883. The highest BCUT2D eigenvalue weighted by Crippen LogP contribution is 2.19. The molecule has 1 aliphatic heterocycles. The molecule has 16 heavy (non-hydrogen) atoms. The Balaban J connectivity index is 2.19. The van der Waals surface area contributed by atoms with Crippen LogP contribution in [0.3, 0.4) is 0 Å². The minimum Gasteiger partial charge on any atom is -0.309 e. The maximum absolute atomic E-state index is 4.60. The summed E-state index contributed by atoms with van der Waals surface area (Å²) < 4.78 is 0. The van der Waals surface area contributed by atoms with E-state index in [-0.39, 0.29) is 0 Å². The third kappa shape index (κ3) is 1.61. The van der Waals surface area contributed by atoms with Crippen molar-refractivity contribution < 1.29 is 0 Å². The molecular weight excluding hydrogens is 196 g/mol. The molecule has 0 unspecified atom stereocenters. The van der Waals surface area contributed by atoms with Gasteiger partial charge in [0.2, 0.25) is 0 Å². The molecule has 3 rings (SSSR count). The largest absolute Gasteiger partial charge is 0.309 e. The summed E-state index contributed by atoms with van der Waals surface area (Å²) in [6, 6.07) is 14.9. The summed E-state index contributed by atoms with van der Waals surface area (Å²) >= 11 is 0. The molecule has 2 aromatic carbocycles. The second-order valence-corrected chi connectivity index (χ2v) is 4.03. The molecule has 1 heterocycles. The highest BCUT2D eigenvalue weighted by atomic mass is 15.0. The summed E-state index contributed by atoms with van der Waals surface area (Å²) in [6.07, 6.45) is 0. The Hall–Kier alpha value is -1.67. The Morgan fingerprint density at radius 2 is 1.88 bits per heavy atom. The summed E-state index contributed by atoms with van der Waals surface area (Å²) in [5.74, 6) is 0. The maximum Gasteiger partial charge on any atom is 0.0565 e. The molecule has 2 nitrogen and oxygen atoms in total. The Morgan fingerprint density at radius 1 is 1.00 bits per heavy atom. The lowest BCUT2D eigenvalue weighted by atomic mass is 10.0. The summed E-state index contributed by atoms with van der Waals surface area (Å²) in [5.41, 5.74) is 2.45. The molecule has 2 heteroatoms.